The molecular weight excluding hydrogens is 386 g/mol. The van der Waals surface area contributed by atoms with Crippen LogP contribution in [0.2, 0.25) is 0 Å². The zero-order valence-corrected chi connectivity index (χ0v) is 15.6. The van der Waals surface area contributed by atoms with Crippen molar-refractivity contribution in [2.75, 3.05) is 13.1 Å². The lowest BCUT2D eigenvalue weighted by atomic mass is 10.1. The monoisotopic (exact) mass is 405 g/mol. The van der Waals surface area contributed by atoms with Crippen LogP contribution in [-0.4, -0.2) is 47.8 Å². The molecule has 1 fully saturated rings. The molecule has 1 heterocycles. The maximum atomic E-state index is 12.7. The van der Waals surface area contributed by atoms with Gasteiger partial charge >= 0.3 is 0 Å². The molecular formula is C18H19N3O6S. The molecule has 0 radical (unpaired) electrons. The van der Waals surface area contributed by atoms with E-state index in [-0.39, 0.29) is 41.4 Å². The molecule has 148 valence electrons. The number of rotatable bonds is 5. The number of nitrogens with one attached hydrogen (secondary N) is 1. The van der Waals surface area contributed by atoms with E-state index in [2.05, 4.69) is 5.32 Å². The van der Waals surface area contributed by atoms with Gasteiger partial charge in [0.05, 0.1) is 9.82 Å². The number of nitro benzene ring substituents is 1. The summed E-state index contributed by atoms with van der Waals surface area (Å²) in [6.45, 7) is 0.453. The third-order valence-corrected chi connectivity index (χ3v) is 6.50. The van der Waals surface area contributed by atoms with Gasteiger partial charge in [0, 0.05) is 36.8 Å². The number of phenolic OH excluding ortho intramolecular Hbond substituents is 1. The van der Waals surface area contributed by atoms with E-state index in [9.17, 15) is 28.4 Å². The number of carbonyl (C=O) groups excluding carboxylic acids is 1. The highest BCUT2D eigenvalue weighted by molar-refractivity contribution is 7.89. The van der Waals surface area contributed by atoms with E-state index in [1.807, 2.05) is 0 Å². The predicted molar refractivity (Wildman–Crippen MR) is 100 cm³/mol. The second-order valence-corrected chi connectivity index (χ2v) is 8.39. The number of sulfonamides is 1. The number of aromatic hydroxyl groups is 1. The van der Waals surface area contributed by atoms with Crippen molar-refractivity contribution in [3.05, 3.63) is 64.2 Å². The average Bonchev–Trinajstić information content (AvgIpc) is 2.68. The van der Waals surface area contributed by atoms with E-state index in [4.69, 9.17) is 0 Å². The summed E-state index contributed by atoms with van der Waals surface area (Å²) < 4.78 is 26.7. The van der Waals surface area contributed by atoms with Gasteiger partial charge in [0.15, 0.2) is 0 Å². The van der Waals surface area contributed by atoms with Gasteiger partial charge < -0.3 is 10.4 Å². The smallest absolute Gasteiger partial charge is 0.269 e. The van der Waals surface area contributed by atoms with Gasteiger partial charge in [-0.1, -0.05) is 6.07 Å². The number of benzene rings is 2. The fourth-order valence-corrected chi connectivity index (χ4v) is 4.51. The van der Waals surface area contributed by atoms with Crippen LogP contribution >= 0.6 is 0 Å². The summed E-state index contributed by atoms with van der Waals surface area (Å²) >= 11 is 0. The topological polar surface area (TPSA) is 130 Å². The Kier molecular flexibility index (Phi) is 5.61. The molecule has 10 heteroatoms. The number of amides is 1. The molecule has 0 spiro atoms. The molecule has 9 nitrogen and oxygen atoms in total. The molecule has 3 rings (SSSR count). The van der Waals surface area contributed by atoms with Crippen LogP contribution in [0.3, 0.4) is 0 Å². The molecule has 1 aliphatic heterocycles. The third-order valence-electron chi connectivity index (χ3n) is 4.58. The molecule has 2 aromatic carbocycles. The lowest BCUT2D eigenvalue weighted by Crippen LogP contribution is -2.46. The number of hydrogen-bond donors (Lipinski definition) is 2. The quantitative estimate of drug-likeness (QED) is 0.577. The standard InChI is InChI=1S/C18H19N3O6S/c22-16-3-1-2-13(12-16)18(23)19-14-8-10-20(11-9-14)28(26,27)17-6-4-15(5-7-17)21(24)25/h1-7,12,14,22H,8-11H2,(H,19,23). The lowest BCUT2D eigenvalue weighted by molar-refractivity contribution is -0.384. The fraction of sp³-hybridized carbons (Fsp3) is 0.278. The minimum absolute atomic E-state index is 0.000321. The molecule has 0 bridgehead atoms. The number of phenols is 1. The van der Waals surface area contributed by atoms with E-state index in [1.54, 1.807) is 12.1 Å². The highest BCUT2D eigenvalue weighted by Gasteiger charge is 2.30. The van der Waals surface area contributed by atoms with E-state index < -0.39 is 14.9 Å². The van der Waals surface area contributed by atoms with Gasteiger partial charge in [-0.05, 0) is 43.2 Å². The highest BCUT2D eigenvalue weighted by Crippen LogP contribution is 2.23. The zero-order valence-electron chi connectivity index (χ0n) is 14.8. The summed E-state index contributed by atoms with van der Waals surface area (Å²) in [5, 5.41) is 23.0. The van der Waals surface area contributed by atoms with Crippen molar-refractivity contribution in [2.45, 2.75) is 23.8 Å². The Morgan fingerprint density at radius 2 is 1.79 bits per heavy atom. The minimum atomic E-state index is -3.75. The summed E-state index contributed by atoms with van der Waals surface area (Å²) in [6, 6.07) is 10.6. The van der Waals surface area contributed by atoms with E-state index in [1.165, 1.54) is 28.6 Å². The molecule has 0 saturated carbocycles. The number of hydrogen-bond acceptors (Lipinski definition) is 6. The molecule has 2 N–H and O–H groups in total. The molecule has 0 atom stereocenters. The molecule has 0 unspecified atom stereocenters. The van der Waals surface area contributed by atoms with Gasteiger partial charge in [-0.3, -0.25) is 14.9 Å². The van der Waals surface area contributed by atoms with Crippen molar-refractivity contribution in [1.82, 2.24) is 9.62 Å². The van der Waals surface area contributed by atoms with Crippen LogP contribution in [0.15, 0.2) is 53.4 Å². The lowest BCUT2D eigenvalue weighted by Gasteiger charge is -2.31. The minimum Gasteiger partial charge on any atom is -0.508 e. The molecule has 1 amide bonds. The largest absolute Gasteiger partial charge is 0.508 e. The first-order valence-corrected chi connectivity index (χ1v) is 10.1. The molecule has 1 aliphatic rings. The van der Waals surface area contributed by atoms with Crippen LogP contribution in [0, 0.1) is 10.1 Å². The van der Waals surface area contributed by atoms with Crippen molar-refractivity contribution < 1.29 is 23.2 Å². The van der Waals surface area contributed by atoms with E-state index in [0.29, 0.717) is 18.4 Å². The number of piperidine rings is 1. The Bertz CT molecular complexity index is 983. The van der Waals surface area contributed by atoms with Gasteiger partial charge in [0.1, 0.15) is 5.75 Å². The zero-order chi connectivity index (χ0) is 20.3. The molecule has 0 aliphatic carbocycles. The Labute approximate surface area is 161 Å². The molecule has 28 heavy (non-hydrogen) atoms. The van der Waals surface area contributed by atoms with Crippen molar-refractivity contribution in [3.63, 3.8) is 0 Å². The maximum Gasteiger partial charge on any atom is 0.269 e. The number of nitrogens with zero attached hydrogens (tertiary/aromatic N) is 2. The normalized spacial score (nSPS) is 15.9. The van der Waals surface area contributed by atoms with Crippen LogP contribution < -0.4 is 5.32 Å². The van der Waals surface area contributed by atoms with Crippen LogP contribution in [0.25, 0.3) is 0 Å². The second kappa shape index (κ2) is 7.95. The summed E-state index contributed by atoms with van der Waals surface area (Å²) in [5.74, 6) is -0.329. The van der Waals surface area contributed by atoms with Gasteiger partial charge in [0.25, 0.3) is 11.6 Å². The SMILES string of the molecule is O=C(NC1CCN(S(=O)(=O)c2ccc([N+](=O)[O-])cc2)CC1)c1cccc(O)c1. The number of non-ortho nitro benzene ring substituents is 1. The fourth-order valence-electron chi connectivity index (χ4n) is 3.05. The number of nitro groups is 1. The molecule has 0 aromatic heterocycles. The van der Waals surface area contributed by atoms with Crippen LogP contribution in [0.5, 0.6) is 5.75 Å². The Hall–Kier alpha value is -2.98. The molecule has 2 aromatic rings. The van der Waals surface area contributed by atoms with Crippen LogP contribution in [0.1, 0.15) is 23.2 Å². The maximum absolute atomic E-state index is 12.7. The predicted octanol–water partition coefficient (Wildman–Crippen LogP) is 1.88. The number of carbonyl (C=O) groups is 1. The van der Waals surface area contributed by atoms with Gasteiger partial charge in [0.2, 0.25) is 10.0 Å². The van der Waals surface area contributed by atoms with Gasteiger partial charge in [-0.15, -0.1) is 0 Å². The van der Waals surface area contributed by atoms with Crippen LogP contribution in [0.4, 0.5) is 5.69 Å². The van der Waals surface area contributed by atoms with Crippen molar-refractivity contribution in [3.8, 4) is 5.75 Å². The van der Waals surface area contributed by atoms with E-state index in [0.717, 1.165) is 12.1 Å². The van der Waals surface area contributed by atoms with Crippen molar-refractivity contribution in [2.24, 2.45) is 0 Å². The Morgan fingerprint density at radius 1 is 1.14 bits per heavy atom. The molecule has 1 saturated heterocycles. The summed E-state index contributed by atoms with van der Waals surface area (Å²) in [7, 11) is -3.75. The summed E-state index contributed by atoms with van der Waals surface area (Å²) in [4.78, 5) is 22.4. The summed E-state index contributed by atoms with van der Waals surface area (Å²) in [5.41, 5.74) is 0.160. The third kappa shape index (κ3) is 4.29. The first-order chi connectivity index (χ1) is 13.3. The van der Waals surface area contributed by atoms with Crippen molar-refractivity contribution >= 4 is 21.6 Å². The average molecular weight is 405 g/mol. The Morgan fingerprint density at radius 3 is 2.36 bits per heavy atom. The van der Waals surface area contributed by atoms with E-state index >= 15 is 0 Å². The first kappa shape index (κ1) is 19.8. The Balaban J connectivity index is 1.61. The van der Waals surface area contributed by atoms with Gasteiger partial charge in [-0.2, -0.15) is 4.31 Å². The summed E-state index contributed by atoms with van der Waals surface area (Å²) in [6.07, 6.45) is 0.882. The highest BCUT2D eigenvalue weighted by atomic mass is 32.2. The van der Waals surface area contributed by atoms with Gasteiger partial charge in [-0.25, -0.2) is 8.42 Å². The first-order valence-electron chi connectivity index (χ1n) is 8.62. The van der Waals surface area contributed by atoms with Crippen molar-refractivity contribution in [1.29, 1.82) is 0 Å². The van der Waals surface area contributed by atoms with Crippen LogP contribution in [-0.2, 0) is 10.0 Å². The second-order valence-electron chi connectivity index (χ2n) is 6.45.